The number of aryl methyl sites for hydroxylation is 2. The standard InChI is InChI=1S/C34H29NS2/c1-23-7-13-28(14-8-23)35(29-15-9-24(2)10-16-29)30-6-4-5-26(20-30)27-12-18-33-32(21-27)31-17-11-25(22-36-3)19-34(31)37-33/h4-21,36H,3,22H2,1-2H3. The Morgan fingerprint density at radius 3 is 1.97 bits per heavy atom. The fourth-order valence-corrected chi connectivity index (χ4v) is 6.49. The number of benzene rings is 5. The molecule has 0 aliphatic heterocycles. The van der Waals surface area contributed by atoms with Crippen LogP contribution in [0, 0.1) is 13.8 Å². The van der Waals surface area contributed by atoms with Crippen LogP contribution >= 0.6 is 22.7 Å². The molecule has 0 radical (unpaired) electrons. The molecule has 0 saturated carbocycles. The lowest BCUT2D eigenvalue weighted by molar-refractivity contribution is 1.27. The molecule has 0 saturated heterocycles. The molecule has 0 spiro atoms. The van der Waals surface area contributed by atoms with E-state index < -0.39 is 0 Å². The van der Waals surface area contributed by atoms with Crippen molar-refractivity contribution in [2.45, 2.75) is 19.6 Å². The molecule has 0 bridgehead atoms. The SMILES string of the molecule is C=[SH]Cc1ccc2c(c1)sc1ccc(-c3cccc(N(c4ccc(C)cc4)c4ccc(C)cc4)c3)cc12. The second-order valence-electron chi connectivity index (χ2n) is 9.58. The molecule has 1 nitrogen and oxygen atoms in total. The van der Waals surface area contributed by atoms with Crippen LogP contribution in [-0.2, 0) is 5.75 Å². The molecule has 0 fully saturated rings. The van der Waals surface area contributed by atoms with Crippen LogP contribution in [0.2, 0.25) is 0 Å². The van der Waals surface area contributed by atoms with E-state index in [-0.39, 0.29) is 0 Å². The highest BCUT2D eigenvalue weighted by molar-refractivity contribution is 7.95. The number of fused-ring (bicyclic) bond motifs is 3. The van der Waals surface area contributed by atoms with Gasteiger partial charge in [-0.1, -0.05) is 71.6 Å². The quantitative estimate of drug-likeness (QED) is 0.171. The van der Waals surface area contributed by atoms with E-state index in [0.717, 1.165) is 34.2 Å². The van der Waals surface area contributed by atoms with Crippen molar-refractivity contribution in [3.63, 3.8) is 0 Å². The first-order chi connectivity index (χ1) is 18.1. The smallest absolute Gasteiger partial charge is 0.0467 e. The van der Waals surface area contributed by atoms with Gasteiger partial charge < -0.3 is 4.90 Å². The Hall–Kier alpha value is -3.66. The maximum Gasteiger partial charge on any atom is 0.0467 e. The topological polar surface area (TPSA) is 3.24 Å². The number of rotatable bonds is 6. The Balaban J connectivity index is 1.45. The van der Waals surface area contributed by atoms with Gasteiger partial charge in [-0.2, -0.15) is 0 Å². The third kappa shape index (κ3) is 4.73. The van der Waals surface area contributed by atoms with E-state index in [9.17, 15) is 0 Å². The van der Waals surface area contributed by atoms with Gasteiger partial charge in [-0.05, 0) is 85.1 Å². The van der Waals surface area contributed by atoms with Gasteiger partial charge in [-0.3, -0.25) is 0 Å². The minimum atomic E-state index is 1.00. The van der Waals surface area contributed by atoms with Crippen LogP contribution in [0.4, 0.5) is 17.1 Å². The zero-order valence-corrected chi connectivity index (χ0v) is 22.8. The van der Waals surface area contributed by atoms with E-state index in [1.807, 2.05) is 11.3 Å². The van der Waals surface area contributed by atoms with E-state index in [1.54, 1.807) is 0 Å². The number of thiophene rings is 1. The molecular formula is C34H29NS2. The van der Waals surface area contributed by atoms with E-state index in [2.05, 4.69) is 134 Å². The third-order valence-electron chi connectivity index (χ3n) is 6.85. The fraction of sp³-hybridized carbons (Fsp3) is 0.0882. The van der Waals surface area contributed by atoms with Crippen LogP contribution in [0.25, 0.3) is 31.3 Å². The summed E-state index contributed by atoms with van der Waals surface area (Å²) >= 11 is 3.04. The number of anilines is 3. The zero-order valence-electron chi connectivity index (χ0n) is 21.1. The normalized spacial score (nSPS) is 11.3. The lowest BCUT2D eigenvalue weighted by atomic mass is 10.0. The average molecular weight is 516 g/mol. The van der Waals surface area contributed by atoms with Gasteiger partial charge in [-0.25, -0.2) is 11.4 Å². The van der Waals surface area contributed by atoms with Crippen LogP contribution in [-0.4, -0.2) is 5.87 Å². The summed E-state index contributed by atoms with van der Waals surface area (Å²) in [6.45, 7) is 4.26. The van der Waals surface area contributed by atoms with E-state index in [0.29, 0.717) is 0 Å². The van der Waals surface area contributed by atoms with Crippen molar-refractivity contribution in [2.75, 3.05) is 4.90 Å². The van der Waals surface area contributed by atoms with Crippen molar-refractivity contribution in [2.24, 2.45) is 0 Å². The highest BCUT2D eigenvalue weighted by Crippen LogP contribution is 2.39. The minimum Gasteiger partial charge on any atom is -0.310 e. The Kier molecular flexibility index (Phi) is 6.42. The van der Waals surface area contributed by atoms with Crippen LogP contribution in [0.3, 0.4) is 0 Å². The molecule has 1 aromatic heterocycles. The largest absolute Gasteiger partial charge is 0.310 e. The molecule has 0 aliphatic carbocycles. The highest BCUT2D eigenvalue weighted by atomic mass is 32.1. The molecule has 1 heterocycles. The van der Waals surface area contributed by atoms with Crippen LogP contribution in [0.5, 0.6) is 0 Å². The van der Waals surface area contributed by atoms with Gasteiger partial charge in [0.1, 0.15) is 0 Å². The summed E-state index contributed by atoms with van der Waals surface area (Å²) in [7, 11) is 0. The van der Waals surface area contributed by atoms with E-state index >= 15 is 0 Å². The van der Waals surface area contributed by atoms with Gasteiger partial charge in [0.2, 0.25) is 0 Å². The minimum absolute atomic E-state index is 1.00. The summed E-state index contributed by atoms with van der Waals surface area (Å²) in [6, 6.07) is 40.2. The Bertz CT molecular complexity index is 1680. The van der Waals surface area contributed by atoms with Gasteiger partial charge >= 0.3 is 0 Å². The van der Waals surface area contributed by atoms with Crippen molar-refractivity contribution >= 4 is 65.8 Å². The molecule has 0 atom stereocenters. The van der Waals surface area contributed by atoms with Gasteiger partial charge in [0.25, 0.3) is 0 Å². The maximum absolute atomic E-state index is 3.99. The van der Waals surface area contributed by atoms with Gasteiger partial charge in [0.15, 0.2) is 0 Å². The first-order valence-electron chi connectivity index (χ1n) is 12.5. The predicted molar refractivity (Wildman–Crippen MR) is 169 cm³/mol. The molecule has 5 aromatic carbocycles. The van der Waals surface area contributed by atoms with Crippen LogP contribution in [0.1, 0.15) is 16.7 Å². The number of hydrogen-bond donors (Lipinski definition) is 1. The molecule has 37 heavy (non-hydrogen) atoms. The molecule has 6 rings (SSSR count). The summed E-state index contributed by atoms with van der Waals surface area (Å²) in [4.78, 5) is 2.34. The van der Waals surface area contributed by atoms with Crippen molar-refractivity contribution in [1.82, 2.24) is 0 Å². The lowest BCUT2D eigenvalue weighted by Gasteiger charge is -2.26. The van der Waals surface area contributed by atoms with Crippen molar-refractivity contribution in [3.05, 3.63) is 126 Å². The fourth-order valence-electron chi connectivity index (χ4n) is 4.89. The van der Waals surface area contributed by atoms with Crippen molar-refractivity contribution < 1.29 is 0 Å². The third-order valence-corrected chi connectivity index (χ3v) is 8.57. The van der Waals surface area contributed by atoms with E-state index in [4.69, 9.17) is 0 Å². The summed E-state index contributed by atoms with van der Waals surface area (Å²) in [6.07, 6.45) is 0. The Morgan fingerprint density at radius 2 is 1.30 bits per heavy atom. The summed E-state index contributed by atoms with van der Waals surface area (Å²) in [5, 5.41) is 2.67. The van der Waals surface area contributed by atoms with Crippen molar-refractivity contribution in [1.29, 1.82) is 0 Å². The molecule has 182 valence electrons. The van der Waals surface area contributed by atoms with Crippen LogP contribution in [0.15, 0.2) is 109 Å². The Morgan fingerprint density at radius 1 is 0.622 bits per heavy atom. The van der Waals surface area contributed by atoms with Gasteiger partial charge in [0.05, 0.1) is 0 Å². The van der Waals surface area contributed by atoms with Crippen molar-refractivity contribution in [3.8, 4) is 11.1 Å². The maximum atomic E-state index is 3.99. The average Bonchev–Trinajstić information content (AvgIpc) is 3.28. The monoisotopic (exact) mass is 515 g/mol. The zero-order chi connectivity index (χ0) is 25.4. The molecular weight excluding hydrogens is 487 g/mol. The second kappa shape index (κ2) is 10.0. The Labute approximate surface area is 226 Å². The molecule has 3 heteroatoms. The number of hydrogen-bond acceptors (Lipinski definition) is 2. The van der Waals surface area contributed by atoms with Gasteiger partial charge in [-0.15, -0.1) is 11.3 Å². The van der Waals surface area contributed by atoms with Crippen LogP contribution < -0.4 is 4.90 Å². The second-order valence-corrected chi connectivity index (χ2v) is 11.4. The summed E-state index contributed by atoms with van der Waals surface area (Å²) in [5.74, 6) is 4.99. The first kappa shape index (κ1) is 23.7. The first-order valence-corrected chi connectivity index (χ1v) is 14.6. The molecule has 6 aromatic rings. The molecule has 0 N–H and O–H groups in total. The lowest BCUT2D eigenvalue weighted by Crippen LogP contribution is -2.10. The molecule has 0 unspecified atom stereocenters. The highest BCUT2D eigenvalue weighted by Gasteiger charge is 2.14. The number of nitrogens with zero attached hydrogens (tertiary/aromatic N) is 1. The summed E-state index contributed by atoms with van der Waals surface area (Å²) < 4.78 is 2.69. The molecule has 0 aliphatic rings. The predicted octanol–water partition coefficient (Wildman–Crippen LogP) is 10.2. The van der Waals surface area contributed by atoms with Gasteiger partial charge in [0, 0.05) is 43.0 Å². The van der Waals surface area contributed by atoms with E-state index in [1.165, 1.54) is 48.0 Å². The number of thiol groups is 1. The molecule has 0 amide bonds. The summed E-state index contributed by atoms with van der Waals surface area (Å²) in [5.41, 5.74) is 9.80.